The van der Waals surface area contributed by atoms with Gasteiger partial charge in [0.05, 0.1) is 35.3 Å². The third-order valence-electron chi connectivity index (χ3n) is 3.32. The monoisotopic (exact) mass is 323 g/mol. The average Bonchev–Trinajstić information content (AvgIpc) is 2.88. The fourth-order valence-electron chi connectivity index (χ4n) is 1.90. The first-order valence-corrected chi connectivity index (χ1v) is 6.84. The number of nitrogens with zero attached hydrogens (tertiary/aromatic N) is 2. The second kappa shape index (κ2) is 5.35. The van der Waals surface area contributed by atoms with E-state index in [1.807, 2.05) is 37.8 Å². The number of halogens is 1. The maximum atomic E-state index is 5.25. The SMILES string of the molecule is CNC(C)(C)c1cncn1-c1ccc(OC)c(Br)c1. The molecule has 1 aromatic carbocycles. The number of nitrogens with one attached hydrogen (secondary N) is 1. The quantitative estimate of drug-likeness (QED) is 0.939. The lowest BCUT2D eigenvalue weighted by atomic mass is 10.0. The lowest BCUT2D eigenvalue weighted by Crippen LogP contribution is -2.35. The van der Waals surface area contributed by atoms with E-state index in [0.29, 0.717) is 0 Å². The number of imidazole rings is 1. The zero-order chi connectivity index (χ0) is 14.0. The molecule has 4 nitrogen and oxygen atoms in total. The number of benzene rings is 1. The Kier molecular flexibility index (Phi) is 3.96. The molecule has 0 fully saturated rings. The van der Waals surface area contributed by atoms with Gasteiger partial charge >= 0.3 is 0 Å². The lowest BCUT2D eigenvalue weighted by Gasteiger charge is -2.25. The van der Waals surface area contributed by atoms with Gasteiger partial charge in [0.2, 0.25) is 0 Å². The van der Waals surface area contributed by atoms with E-state index in [1.54, 1.807) is 7.11 Å². The summed E-state index contributed by atoms with van der Waals surface area (Å²) < 4.78 is 8.25. The van der Waals surface area contributed by atoms with Crippen LogP contribution in [-0.4, -0.2) is 23.7 Å². The first-order chi connectivity index (χ1) is 8.99. The summed E-state index contributed by atoms with van der Waals surface area (Å²) in [7, 11) is 3.60. The molecule has 19 heavy (non-hydrogen) atoms. The van der Waals surface area contributed by atoms with Gasteiger partial charge in [-0.1, -0.05) is 0 Å². The lowest BCUT2D eigenvalue weighted by molar-refractivity contribution is 0.411. The minimum atomic E-state index is -0.150. The topological polar surface area (TPSA) is 39.1 Å². The van der Waals surface area contributed by atoms with Crippen LogP contribution in [0.1, 0.15) is 19.5 Å². The number of aromatic nitrogens is 2. The van der Waals surface area contributed by atoms with E-state index >= 15 is 0 Å². The molecule has 102 valence electrons. The van der Waals surface area contributed by atoms with Gasteiger partial charge in [0.1, 0.15) is 5.75 Å². The zero-order valence-electron chi connectivity index (χ0n) is 11.6. The highest BCUT2D eigenvalue weighted by Crippen LogP contribution is 2.29. The highest BCUT2D eigenvalue weighted by molar-refractivity contribution is 9.10. The molecule has 2 aromatic rings. The van der Waals surface area contributed by atoms with E-state index < -0.39 is 0 Å². The van der Waals surface area contributed by atoms with Crippen LogP contribution in [0.15, 0.2) is 35.2 Å². The molecule has 0 radical (unpaired) electrons. The van der Waals surface area contributed by atoms with E-state index in [0.717, 1.165) is 21.6 Å². The Morgan fingerprint density at radius 3 is 2.68 bits per heavy atom. The Labute approximate surface area is 121 Å². The van der Waals surface area contributed by atoms with Crippen LogP contribution < -0.4 is 10.1 Å². The summed E-state index contributed by atoms with van der Waals surface area (Å²) in [6.45, 7) is 4.25. The molecule has 0 saturated carbocycles. The van der Waals surface area contributed by atoms with Gasteiger partial charge in [0.15, 0.2) is 0 Å². The Bertz CT molecular complexity index is 578. The van der Waals surface area contributed by atoms with Gasteiger partial charge in [-0.15, -0.1) is 0 Å². The largest absolute Gasteiger partial charge is 0.496 e. The van der Waals surface area contributed by atoms with E-state index in [9.17, 15) is 0 Å². The van der Waals surface area contributed by atoms with E-state index in [1.165, 1.54) is 0 Å². The molecule has 0 spiro atoms. The van der Waals surface area contributed by atoms with Gasteiger partial charge in [-0.2, -0.15) is 0 Å². The van der Waals surface area contributed by atoms with Crippen LogP contribution in [0.4, 0.5) is 0 Å². The van der Waals surface area contributed by atoms with Crippen molar-refractivity contribution in [2.45, 2.75) is 19.4 Å². The van der Waals surface area contributed by atoms with Crippen LogP contribution >= 0.6 is 15.9 Å². The smallest absolute Gasteiger partial charge is 0.133 e. The molecule has 0 aliphatic carbocycles. The molecular formula is C14H18BrN3O. The minimum absolute atomic E-state index is 0.150. The third kappa shape index (κ3) is 2.67. The van der Waals surface area contributed by atoms with Crippen molar-refractivity contribution in [3.63, 3.8) is 0 Å². The second-order valence-corrected chi connectivity index (χ2v) is 5.70. The second-order valence-electron chi connectivity index (χ2n) is 4.84. The van der Waals surface area contributed by atoms with Gasteiger partial charge in [0.25, 0.3) is 0 Å². The van der Waals surface area contributed by atoms with Crippen molar-refractivity contribution in [3.8, 4) is 11.4 Å². The molecule has 0 bridgehead atoms. The Morgan fingerprint density at radius 2 is 2.11 bits per heavy atom. The van der Waals surface area contributed by atoms with Crippen LogP contribution in [0.25, 0.3) is 5.69 Å². The molecule has 1 N–H and O–H groups in total. The molecule has 1 heterocycles. The summed E-state index contributed by atoms with van der Waals surface area (Å²) in [5, 5.41) is 3.29. The Balaban J connectivity index is 2.49. The zero-order valence-corrected chi connectivity index (χ0v) is 13.2. The molecular weight excluding hydrogens is 306 g/mol. The van der Waals surface area contributed by atoms with Crippen LogP contribution in [0.5, 0.6) is 5.75 Å². The maximum absolute atomic E-state index is 5.25. The first-order valence-electron chi connectivity index (χ1n) is 6.05. The van der Waals surface area contributed by atoms with Crippen molar-refractivity contribution in [1.29, 1.82) is 0 Å². The van der Waals surface area contributed by atoms with Crippen molar-refractivity contribution in [3.05, 3.63) is 40.9 Å². The molecule has 0 atom stereocenters. The number of hydrogen-bond donors (Lipinski definition) is 1. The summed E-state index contributed by atoms with van der Waals surface area (Å²) in [6.07, 6.45) is 3.71. The van der Waals surface area contributed by atoms with Crippen LogP contribution in [0, 0.1) is 0 Å². The summed E-state index contributed by atoms with van der Waals surface area (Å²) in [4.78, 5) is 4.26. The van der Waals surface area contributed by atoms with E-state index in [4.69, 9.17) is 4.74 Å². The standard InChI is InChI=1S/C14H18BrN3O/c1-14(2,16-3)13-8-17-9-18(13)10-5-6-12(19-4)11(15)7-10/h5-9,16H,1-4H3. The highest BCUT2D eigenvalue weighted by Gasteiger charge is 2.22. The fraction of sp³-hybridized carbons (Fsp3) is 0.357. The summed E-state index contributed by atoms with van der Waals surface area (Å²) >= 11 is 3.51. The number of methoxy groups -OCH3 is 1. The first kappa shape index (κ1) is 14.1. The molecule has 2 rings (SSSR count). The predicted molar refractivity (Wildman–Crippen MR) is 79.9 cm³/mol. The third-order valence-corrected chi connectivity index (χ3v) is 3.94. The minimum Gasteiger partial charge on any atom is -0.496 e. The Morgan fingerprint density at radius 1 is 1.37 bits per heavy atom. The average molecular weight is 324 g/mol. The van der Waals surface area contributed by atoms with E-state index in [-0.39, 0.29) is 5.54 Å². The van der Waals surface area contributed by atoms with Gasteiger partial charge in [0, 0.05) is 5.69 Å². The van der Waals surface area contributed by atoms with Crippen molar-refractivity contribution >= 4 is 15.9 Å². The summed E-state index contributed by atoms with van der Waals surface area (Å²) in [5.74, 6) is 0.818. The molecule has 5 heteroatoms. The van der Waals surface area contributed by atoms with Gasteiger partial charge in [-0.3, -0.25) is 0 Å². The van der Waals surface area contributed by atoms with Gasteiger partial charge in [-0.25, -0.2) is 4.98 Å². The van der Waals surface area contributed by atoms with Crippen LogP contribution in [0.3, 0.4) is 0 Å². The number of ether oxygens (including phenoxy) is 1. The number of hydrogen-bond acceptors (Lipinski definition) is 3. The predicted octanol–water partition coefficient (Wildman–Crippen LogP) is 3.10. The van der Waals surface area contributed by atoms with Crippen molar-refractivity contribution in [2.24, 2.45) is 0 Å². The molecule has 0 unspecified atom stereocenters. The molecule has 1 aromatic heterocycles. The highest BCUT2D eigenvalue weighted by atomic mass is 79.9. The van der Waals surface area contributed by atoms with Gasteiger partial charge in [-0.05, 0) is 55.0 Å². The fourth-order valence-corrected chi connectivity index (χ4v) is 2.43. The number of rotatable bonds is 4. The van der Waals surface area contributed by atoms with Crippen LogP contribution in [0.2, 0.25) is 0 Å². The van der Waals surface area contributed by atoms with Gasteiger partial charge < -0.3 is 14.6 Å². The van der Waals surface area contributed by atoms with Crippen molar-refractivity contribution in [1.82, 2.24) is 14.9 Å². The molecule has 0 saturated heterocycles. The molecule has 0 amide bonds. The Hall–Kier alpha value is -1.33. The summed E-state index contributed by atoms with van der Waals surface area (Å²) in [5.41, 5.74) is 2.00. The maximum Gasteiger partial charge on any atom is 0.133 e. The van der Waals surface area contributed by atoms with Crippen LogP contribution in [-0.2, 0) is 5.54 Å². The van der Waals surface area contributed by atoms with E-state index in [2.05, 4.69) is 44.6 Å². The normalized spacial score (nSPS) is 11.6. The molecule has 0 aliphatic rings. The summed E-state index contributed by atoms with van der Waals surface area (Å²) in [6, 6.07) is 5.98. The van der Waals surface area contributed by atoms with Crippen molar-refractivity contribution < 1.29 is 4.74 Å². The molecule has 0 aliphatic heterocycles. The van der Waals surface area contributed by atoms with Crippen molar-refractivity contribution in [2.75, 3.05) is 14.2 Å².